The molecule has 0 amide bonds. The zero-order valence-electron chi connectivity index (χ0n) is 4.56. The minimum Gasteiger partial charge on any atom is -0.907 e. The van der Waals surface area contributed by atoms with Crippen LogP contribution >= 0.6 is 0 Å². The molecule has 0 N–H and O–H groups in total. The molecule has 0 fully saturated rings. The summed E-state index contributed by atoms with van der Waals surface area (Å²) in [6.45, 7) is 0. The molecule has 0 aliphatic heterocycles. The molecule has 0 aromatic rings. The van der Waals surface area contributed by atoms with Gasteiger partial charge in [-0.05, 0) is 0 Å². The summed E-state index contributed by atoms with van der Waals surface area (Å²) in [5.74, 6) is 0. The van der Waals surface area contributed by atoms with Crippen molar-refractivity contribution >= 4 is 32.0 Å². The van der Waals surface area contributed by atoms with Gasteiger partial charge in [-0.3, -0.25) is 14.6 Å². The average molecular weight is 297 g/mol. The Morgan fingerprint density at radius 3 is 0.600 bits per heavy atom. The molecule has 52 valence electrons. The third kappa shape index (κ3) is 202. The van der Waals surface area contributed by atoms with Gasteiger partial charge in [-0.1, -0.05) is 0 Å². The molecule has 0 saturated heterocycles. The van der Waals surface area contributed by atoms with Crippen molar-refractivity contribution in [1.82, 2.24) is 0 Å². The van der Waals surface area contributed by atoms with Gasteiger partial charge in [-0.25, -0.2) is 0 Å². The van der Waals surface area contributed by atoms with Crippen LogP contribution in [0.2, 0.25) is 0 Å². The van der Waals surface area contributed by atoms with E-state index in [-0.39, 0.29) is 66.7 Å². The van der Waals surface area contributed by atoms with Crippen LogP contribution < -0.4 is 30.1 Å². The number of rotatable bonds is 0. The predicted octanol–water partition coefficient (Wildman–Crippen LogP) is -8.28. The van der Waals surface area contributed by atoms with E-state index in [1.165, 1.54) is 0 Å². The minimum absolute atomic E-state index is 0. The SMILES string of the molecule is [Al+3].[Eu+3].[O-]B([O-])[O-].[O-]B([O-])[O-]. The van der Waals surface area contributed by atoms with E-state index in [9.17, 15) is 0 Å². The van der Waals surface area contributed by atoms with Crippen LogP contribution in [0.25, 0.3) is 0 Å². The standard InChI is InChI=1S/Al.2BO3.Eu/c;2*2-1(3)4;/q+3;2*-3;+3. The van der Waals surface area contributed by atoms with Crippen molar-refractivity contribution < 1.29 is 79.5 Å². The van der Waals surface area contributed by atoms with Crippen LogP contribution in [0, 0.1) is 49.4 Å². The van der Waals surface area contributed by atoms with Crippen molar-refractivity contribution in [2.45, 2.75) is 0 Å². The Labute approximate surface area is 110 Å². The second-order valence-corrected chi connectivity index (χ2v) is 0.577. The summed E-state index contributed by atoms with van der Waals surface area (Å²) < 4.78 is 0. The van der Waals surface area contributed by atoms with Gasteiger partial charge in [0.15, 0.2) is 0 Å². The second-order valence-electron chi connectivity index (χ2n) is 0.577. The third-order valence-electron chi connectivity index (χ3n) is 0. The molecule has 0 rings (SSSR count). The molecule has 10 heavy (non-hydrogen) atoms. The van der Waals surface area contributed by atoms with Gasteiger partial charge in [0.25, 0.3) is 0 Å². The summed E-state index contributed by atoms with van der Waals surface area (Å²) in [7, 11) is -5.83. The van der Waals surface area contributed by atoms with Gasteiger partial charge < -0.3 is 30.1 Å². The molecule has 0 spiro atoms. The normalized spacial score (nSPS) is 5.40. The first-order valence-corrected chi connectivity index (χ1v) is 1.41. The van der Waals surface area contributed by atoms with Crippen molar-refractivity contribution in [3.05, 3.63) is 0 Å². The van der Waals surface area contributed by atoms with Crippen molar-refractivity contribution in [2.24, 2.45) is 0 Å². The van der Waals surface area contributed by atoms with Gasteiger partial charge >= 0.3 is 66.7 Å². The van der Waals surface area contributed by atoms with Gasteiger partial charge in [0.2, 0.25) is 0 Å². The van der Waals surface area contributed by atoms with E-state index in [0.717, 1.165) is 0 Å². The fourth-order valence-corrected chi connectivity index (χ4v) is 0. The van der Waals surface area contributed by atoms with Crippen molar-refractivity contribution in [3.8, 4) is 0 Å². The van der Waals surface area contributed by atoms with E-state index >= 15 is 0 Å². The summed E-state index contributed by atoms with van der Waals surface area (Å²) >= 11 is 0. The molecule has 0 saturated carbocycles. The van der Waals surface area contributed by atoms with Crippen molar-refractivity contribution in [1.29, 1.82) is 0 Å². The summed E-state index contributed by atoms with van der Waals surface area (Å²) in [5.41, 5.74) is 0. The van der Waals surface area contributed by atoms with Gasteiger partial charge in [0.1, 0.15) is 0 Å². The van der Waals surface area contributed by atoms with E-state index in [2.05, 4.69) is 0 Å². The van der Waals surface area contributed by atoms with Crippen molar-refractivity contribution in [2.75, 3.05) is 0 Å². The van der Waals surface area contributed by atoms with Gasteiger partial charge in [0.05, 0.1) is 0 Å². The van der Waals surface area contributed by atoms with Crippen LogP contribution in [0.1, 0.15) is 0 Å². The number of hydrogen-bond donors (Lipinski definition) is 0. The Hall–Kier alpha value is 2.01. The maximum atomic E-state index is 8.42. The quantitative estimate of drug-likeness (QED) is 0.407. The van der Waals surface area contributed by atoms with Crippen LogP contribution in [-0.2, 0) is 0 Å². The zero-order valence-corrected chi connectivity index (χ0v) is 8.14. The summed E-state index contributed by atoms with van der Waals surface area (Å²) in [6, 6.07) is 0. The molecule has 0 atom stereocenters. The molecule has 0 aliphatic carbocycles. The second kappa shape index (κ2) is 17.2. The third-order valence-corrected chi connectivity index (χ3v) is 0. The van der Waals surface area contributed by atoms with Crippen LogP contribution in [0.15, 0.2) is 0 Å². The van der Waals surface area contributed by atoms with E-state index in [1.807, 2.05) is 0 Å². The molecular formula is AlB2EuO6. The Morgan fingerprint density at radius 1 is 0.600 bits per heavy atom. The maximum Gasteiger partial charge on any atom is 3.00 e. The van der Waals surface area contributed by atoms with Crippen LogP contribution in [0.3, 0.4) is 0 Å². The van der Waals surface area contributed by atoms with E-state index < -0.39 is 14.6 Å². The minimum atomic E-state index is -2.92. The van der Waals surface area contributed by atoms with Gasteiger partial charge in [-0.2, -0.15) is 0 Å². The molecule has 10 heteroatoms. The summed E-state index contributed by atoms with van der Waals surface area (Å²) in [4.78, 5) is 0. The number of hydrogen-bond acceptors (Lipinski definition) is 6. The smallest absolute Gasteiger partial charge is 0.907 e. The maximum absolute atomic E-state index is 8.42. The largest absolute Gasteiger partial charge is 3.00 e. The molecule has 0 aromatic carbocycles. The Morgan fingerprint density at radius 2 is 0.600 bits per heavy atom. The molecule has 0 radical (unpaired) electrons. The molecule has 0 bridgehead atoms. The van der Waals surface area contributed by atoms with E-state index in [4.69, 9.17) is 30.1 Å². The van der Waals surface area contributed by atoms with Crippen molar-refractivity contribution in [3.63, 3.8) is 0 Å². The summed E-state index contributed by atoms with van der Waals surface area (Å²) in [6.07, 6.45) is 0. The molecule has 0 aromatic heterocycles. The Bertz CT molecular complexity index is 31.2. The van der Waals surface area contributed by atoms with Crippen LogP contribution in [0.4, 0.5) is 0 Å². The molecule has 0 unspecified atom stereocenters. The molecular weight excluding hydrogens is 297 g/mol. The zero-order chi connectivity index (χ0) is 7.15. The van der Waals surface area contributed by atoms with E-state index in [0.29, 0.717) is 0 Å². The average Bonchev–Trinajstić information content (AvgIpc) is 1.25. The van der Waals surface area contributed by atoms with E-state index in [1.54, 1.807) is 0 Å². The molecule has 6 nitrogen and oxygen atoms in total. The Kier molecular flexibility index (Phi) is 39.0. The predicted molar refractivity (Wildman–Crippen MR) is 17.3 cm³/mol. The molecule has 0 heterocycles. The fraction of sp³-hybridized carbons (Fsp3) is 0. The first-order valence-electron chi connectivity index (χ1n) is 1.41. The fourth-order valence-electron chi connectivity index (χ4n) is 0. The topological polar surface area (TPSA) is 138 Å². The molecule has 0 aliphatic rings. The first kappa shape index (κ1) is 22.7. The van der Waals surface area contributed by atoms with Crippen LogP contribution in [-0.4, -0.2) is 32.0 Å². The van der Waals surface area contributed by atoms with Crippen LogP contribution in [0.5, 0.6) is 0 Å². The summed E-state index contributed by atoms with van der Waals surface area (Å²) in [5, 5.41) is 50.5. The van der Waals surface area contributed by atoms with Gasteiger partial charge in [0, 0.05) is 0 Å². The first-order chi connectivity index (χ1) is 3.46. The van der Waals surface area contributed by atoms with Gasteiger partial charge in [-0.15, -0.1) is 0 Å². The Balaban J connectivity index is -0.0000000300. The monoisotopic (exact) mass is 298 g/mol.